The first-order valence-electron chi connectivity index (χ1n) is 6.12. The van der Waals surface area contributed by atoms with Crippen molar-refractivity contribution in [1.29, 1.82) is 0 Å². The van der Waals surface area contributed by atoms with Gasteiger partial charge in [-0.2, -0.15) is 0 Å². The molecule has 2 N–H and O–H groups in total. The first-order valence-corrected chi connectivity index (χ1v) is 6.12. The van der Waals surface area contributed by atoms with Gasteiger partial charge in [-0.3, -0.25) is 9.59 Å². The molecule has 2 aromatic rings. The minimum atomic E-state index is -0.858. The van der Waals surface area contributed by atoms with Gasteiger partial charge in [0.05, 0.1) is 6.42 Å². The van der Waals surface area contributed by atoms with Crippen LogP contribution in [-0.4, -0.2) is 23.5 Å². The Bertz CT molecular complexity index is 615. The summed E-state index contributed by atoms with van der Waals surface area (Å²) in [6.45, 7) is 2.43. The molecule has 100 valence electrons. The van der Waals surface area contributed by atoms with Gasteiger partial charge in [0.15, 0.2) is 0 Å². The molecule has 1 heterocycles. The fourth-order valence-electron chi connectivity index (χ4n) is 1.86. The van der Waals surface area contributed by atoms with Crippen LogP contribution in [0.15, 0.2) is 28.7 Å². The maximum atomic E-state index is 11.7. The van der Waals surface area contributed by atoms with E-state index in [-0.39, 0.29) is 12.3 Å². The predicted molar refractivity (Wildman–Crippen MR) is 70.2 cm³/mol. The smallest absolute Gasteiger partial charge is 0.303 e. The molecule has 0 bridgehead atoms. The fourth-order valence-corrected chi connectivity index (χ4v) is 1.86. The average Bonchev–Trinajstić information content (AvgIpc) is 2.78. The Balaban J connectivity index is 2.23. The first-order chi connectivity index (χ1) is 9.10. The van der Waals surface area contributed by atoms with Crippen LogP contribution < -0.4 is 5.32 Å². The molecule has 0 fully saturated rings. The van der Waals surface area contributed by atoms with Crippen LogP contribution in [0.3, 0.4) is 0 Å². The molecule has 1 aromatic carbocycles. The van der Waals surface area contributed by atoms with Gasteiger partial charge in [0.2, 0.25) is 0 Å². The van der Waals surface area contributed by atoms with Crippen molar-refractivity contribution in [2.24, 2.45) is 0 Å². The quantitative estimate of drug-likeness (QED) is 0.864. The van der Waals surface area contributed by atoms with Crippen LogP contribution in [0.25, 0.3) is 11.0 Å². The number of carbonyl (C=O) groups excluding carboxylic acids is 1. The van der Waals surface area contributed by atoms with Gasteiger partial charge in [0.25, 0.3) is 5.91 Å². The molecular formula is C14H15NO4. The molecule has 5 nitrogen and oxygen atoms in total. The van der Waals surface area contributed by atoms with Crippen molar-refractivity contribution in [2.75, 3.05) is 6.54 Å². The number of carboxylic acids is 1. The highest BCUT2D eigenvalue weighted by atomic mass is 16.4. The van der Waals surface area contributed by atoms with Crippen molar-refractivity contribution in [3.63, 3.8) is 0 Å². The average molecular weight is 261 g/mol. The number of nitrogens with one attached hydrogen (secondary N) is 1. The van der Waals surface area contributed by atoms with E-state index in [1.165, 1.54) is 0 Å². The second-order valence-corrected chi connectivity index (χ2v) is 4.22. The molecular weight excluding hydrogens is 246 g/mol. The molecule has 0 radical (unpaired) electrons. The van der Waals surface area contributed by atoms with E-state index in [1.807, 2.05) is 6.92 Å². The Morgan fingerprint density at radius 1 is 1.32 bits per heavy atom. The monoisotopic (exact) mass is 261 g/mol. The number of aryl methyl sites for hydroxylation is 1. The molecule has 0 aliphatic rings. The van der Waals surface area contributed by atoms with Gasteiger partial charge in [-0.1, -0.05) is 0 Å². The number of benzene rings is 1. The van der Waals surface area contributed by atoms with Gasteiger partial charge in [0.1, 0.15) is 11.3 Å². The van der Waals surface area contributed by atoms with Gasteiger partial charge in [0, 0.05) is 23.9 Å². The lowest BCUT2D eigenvalue weighted by Crippen LogP contribution is -2.22. The second-order valence-electron chi connectivity index (χ2n) is 4.22. The van der Waals surface area contributed by atoms with E-state index in [0.29, 0.717) is 29.9 Å². The topological polar surface area (TPSA) is 79.5 Å². The zero-order chi connectivity index (χ0) is 13.8. The van der Waals surface area contributed by atoms with Crippen LogP contribution in [0, 0.1) is 0 Å². The zero-order valence-corrected chi connectivity index (χ0v) is 10.6. The minimum absolute atomic E-state index is 0.0308. The van der Waals surface area contributed by atoms with Crippen molar-refractivity contribution in [3.05, 3.63) is 35.6 Å². The summed E-state index contributed by atoms with van der Waals surface area (Å²) >= 11 is 0. The molecule has 0 unspecified atom stereocenters. The van der Waals surface area contributed by atoms with Crippen molar-refractivity contribution in [3.8, 4) is 0 Å². The minimum Gasteiger partial charge on any atom is -0.481 e. The molecule has 2 rings (SSSR count). The Hall–Kier alpha value is -2.30. The lowest BCUT2D eigenvalue weighted by Gasteiger charge is -2.01. The third-order valence-corrected chi connectivity index (χ3v) is 2.75. The van der Waals surface area contributed by atoms with Crippen molar-refractivity contribution in [1.82, 2.24) is 5.32 Å². The van der Waals surface area contributed by atoms with Gasteiger partial charge < -0.3 is 14.8 Å². The molecule has 0 saturated heterocycles. The van der Waals surface area contributed by atoms with E-state index in [9.17, 15) is 9.59 Å². The highest BCUT2D eigenvalue weighted by Crippen LogP contribution is 2.21. The molecule has 1 aromatic heterocycles. The third-order valence-electron chi connectivity index (χ3n) is 2.75. The number of hydrogen-bond donors (Lipinski definition) is 2. The first kappa shape index (κ1) is 13.1. The van der Waals surface area contributed by atoms with Crippen LogP contribution in [0.4, 0.5) is 0 Å². The molecule has 0 aliphatic carbocycles. The summed E-state index contributed by atoms with van der Waals surface area (Å²) in [7, 11) is 0. The standard InChI is InChI=1S/C14H15NO4/c1-2-15-14(18)9-3-5-12-10(7-9)8-11(19-12)4-6-13(16)17/h3,5,7-8H,2,4,6H2,1H3,(H,15,18)(H,16,17). The van der Waals surface area contributed by atoms with E-state index in [0.717, 1.165) is 5.39 Å². The normalized spacial score (nSPS) is 10.6. The summed E-state index contributed by atoms with van der Waals surface area (Å²) in [6.07, 6.45) is 0.378. The summed E-state index contributed by atoms with van der Waals surface area (Å²) in [5, 5.41) is 12.2. The Labute approximate surface area is 110 Å². The molecule has 0 atom stereocenters. The van der Waals surface area contributed by atoms with E-state index in [1.54, 1.807) is 24.3 Å². The van der Waals surface area contributed by atoms with Crippen molar-refractivity contribution >= 4 is 22.8 Å². The van der Waals surface area contributed by atoms with Crippen LogP contribution in [-0.2, 0) is 11.2 Å². The van der Waals surface area contributed by atoms with Crippen LogP contribution in [0.1, 0.15) is 29.5 Å². The summed E-state index contributed by atoms with van der Waals surface area (Å²) in [6, 6.07) is 6.94. The van der Waals surface area contributed by atoms with E-state index in [4.69, 9.17) is 9.52 Å². The third kappa shape index (κ3) is 3.13. The van der Waals surface area contributed by atoms with E-state index < -0.39 is 5.97 Å². The lowest BCUT2D eigenvalue weighted by atomic mass is 10.1. The number of carboxylic acid groups (broad SMARTS) is 1. The Morgan fingerprint density at radius 3 is 2.79 bits per heavy atom. The summed E-state index contributed by atoms with van der Waals surface area (Å²) < 4.78 is 5.52. The Kier molecular flexibility index (Phi) is 3.85. The van der Waals surface area contributed by atoms with E-state index >= 15 is 0 Å². The van der Waals surface area contributed by atoms with Crippen molar-refractivity contribution in [2.45, 2.75) is 19.8 Å². The maximum absolute atomic E-state index is 11.7. The lowest BCUT2D eigenvalue weighted by molar-refractivity contribution is -0.137. The number of furan rings is 1. The van der Waals surface area contributed by atoms with Crippen LogP contribution in [0.2, 0.25) is 0 Å². The molecule has 1 amide bonds. The highest BCUT2D eigenvalue weighted by Gasteiger charge is 2.09. The summed E-state index contributed by atoms with van der Waals surface area (Å²) in [5.41, 5.74) is 1.23. The van der Waals surface area contributed by atoms with Crippen molar-refractivity contribution < 1.29 is 19.1 Å². The number of carbonyl (C=O) groups is 2. The molecule has 0 saturated carbocycles. The van der Waals surface area contributed by atoms with Gasteiger partial charge in [-0.25, -0.2) is 0 Å². The number of amides is 1. The van der Waals surface area contributed by atoms with E-state index in [2.05, 4.69) is 5.32 Å². The summed E-state index contributed by atoms with van der Waals surface area (Å²) in [5.74, 6) is -0.369. The van der Waals surface area contributed by atoms with Gasteiger partial charge in [-0.15, -0.1) is 0 Å². The Morgan fingerprint density at radius 2 is 2.11 bits per heavy atom. The molecule has 19 heavy (non-hydrogen) atoms. The highest BCUT2D eigenvalue weighted by molar-refractivity contribution is 5.97. The number of hydrogen-bond acceptors (Lipinski definition) is 3. The second kappa shape index (κ2) is 5.56. The largest absolute Gasteiger partial charge is 0.481 e. The van der Waals surface area contributed by atoms with Gasteiger partial charge >= 0.3 is 5.97 Å². The number of fused-ring (bicyclic) bond motifs is 1. The van der Waals surface area contributed by atoms with Gasteiger partial charge in [-0.05, 0) is 31.2 Å². The predicted octanol–water partition coefficient (Wildman–Crippen LogP) is 2.20. The van der Waals surface area contributed by atoms with Crippen LogP contribution >= 0.6 is 0 Å². The van der Waals surface area contributed by atoms with Crippen LogP contribution in [0.5, 0.6) is 0 Å². The molecule has 0 spiro atoms. The molecule has 0 aliphatic heterocycles. The fraction of sp³-hybridized carbons (Fsp3) is 0.286. The maximum Gasteiger partial charge on any atom is 0.303 e. The number of aliphatic carboxylic acids is 1. The number of rotatable bonds is 5. The zero-order valence-electron chi connectivity index (χ0n) is 10.6. The summed E-state index contributed by atoms with van der Waals surface area (Å²) in [4.78, 5) is 22.2. The molecule has 5 heteroatoms. The SMILES string of the molecule is CCNC(=O)c1ccc2oc(CCC(=O)O)cc2c1.